The van der Waals surface area contributed by atoms with Crippen molar-refractivity contribution in [3.05, 3.63) is 18.2 Å². The summed E-state index contributed by atoms with van der Waals surface area (Å²) >= 11 is 1.76. The molecule has 1 aromatic rings. The molecule has 2 rings (SSSR count). The molecule has 0 unspecified atom stereocenters. The Morgan fingerprint density at radius 1 is 1.43 bits per heavy atom. The lowest BCUT2D eigenvalue weighted by Gasteiger charge is -2.14. The number of ether oxygens (including phenoxy) is 2. The van der Waals surface area contributed by atoms with Gasteiger partial charge in [0.05, 0.1) is 25.8 Å². The van der Waals surface area contributed by atoms with Crippen LogP contribution in [0.3, 0.4) is 0 Å². The Labute approximate surface area is 130 Å². The molecule has 1 fully saturated rings. The summed E-state index contributed by atoms with van der Waals surface area (Å²) < 4.78 is 10.4. The fourth-order valence-corrected chi connectivity index (χ4v) is 3.32. The number of carbonyl (C=O) groups is 1. The average molecular weight is 309 g/mol. The third-order valence-electron chi connectivity index (χ3n) is 3.70. The number of nitrogens with two attached hydrogens (primary N) is 1. The first kappa shape index (κ1) is 16.0. The van der Waals surface area contributed by atoms with Crippen LogP contribution in [0.4, 0.5) is 5.69 Å². The molecule has 0 amide bonds. The number of hydrogen-bond acceptors (Lipinski definition) is 5. The molecule has 1 aliphatic carbocycles. The molecule has 0 aliphatic heterocycles. The van der Waals surface area contributed by atoms with E-state index in [2.05, 4.69) is 6.92 Å². The lowest BCUT2D eigenvalue weighted by Crippen LogP contribution is -2.13. The first-order chi connectivity index (χ1) is 10.1. The number of esters is 1. The quantitative estimate of drug-likeness (QED) is 0.452. The van der Waals surface area contributed by atoms with Crippen molar-refractivity contribution in [3.8, 4) is 5.75 Å². The van der Waals surface area contributed by atoms with Gasteiger partial charge in [0, 0.05) is 10.6 Å². The van der Waals surface area contributed by atoms with Gasteiger partial charge in [0.1, 0.15) is 5.75 Å². The zero-order chi connectivity index (χ0) is 15.3. The zero-order valence-electron chi connectivity index (χ0n) is 12.7. The van der Waals surface area contributed by atoms with Crippen LogP contribution >= 0.6 is 11.8 Å². The second-order valence-corrected chi connectivity index (χ2v) is 6.64. The molecule has 5 heteroatoms. The van der Waals surface area contributed by atoms with Crippen LogP contribution in [0, 0.1) is 5.41 Å². The van der Waals surface area contributed by atoms with Crippen molar-refractivity contribution in [2.24, 2.45) is 5.41 Å². The molecule has 1 aliphatic rings. The van der Waals surface area contributed by atoms with E-state index >= 15 is 0 Å². The molecule has 1 aromatic carbocycles. The SMILES string of the molecule is CCCOc1cc(SCC2(CC(=O)OC)CC2)ccc1N. The summed E-state index contributed by atoms with van der Waals surface area (Å²) in [5.74, 6) is 1.57. The van der Waals surface area contributed by atoms with Gasteiger partial charge in [-0.2, -0.15) is 0 Å². The van der Waals surface area contributed by atoms with Crippen LogP contribution in [0.1, 0.15) is 32.6 Å². The summed E-state index contributed by atoms with van der Waals surface area (Å²) in [6, 6.07) is 5.88. The highest BCUT2D eigenvalue weighted by Gasteiger charge is 2.44. The predicted molar refractivity (Wildman–Crippen MR) is 85.7 cm³/mol. The maximum Gasteiger partial charge on any atom is 0.306 e. The van der Waals surface area contributed by atoms with Crippen molar-refractivity contribution in [3.63, 3.8) is 0 Å². The van der Waals surface area contributed by atoms with Gasteiger partial charge in [-0.3, -0.25) is 4.79 Å². The Morgan fingerprint density at radius 3 is 2.81 bits per heavy atom. The van der Waals surface area contributed by atoms with E-state index in [9.17, 15) is 4.79 Å². The second-order valence-electron chi connectivity index (χ2n) is 5.59. The molecule has 0 atom stereocenters. The van der Waals surface area contributed by atoms with Crippen molar-refractivity contribution in [2.75, 3.05) is 25.2 Å². The Bertz CT molecular complexity index is 500. The van der Waals surface area contributed by atoms with Gasteiger partial charge in [-0.05, 0) is 42.9 Å². The third-order valence-corrected chi connectivity index (χ3v) is 5.04. The molecule has 1 saturated carbocycles. The lowest BCUT2D eigenvalue weighted by molar-refractivity contribution is -0.141. The van der Waals surface area contributed by atoms with Crippen LogP contribution in [0.2, 0.25) is 0 Å². The van der Waals surface area contributed by atoms with Crippen LogP contribution in [-0.4, -0.2) is 25.4 Å². The predicted octanol–water partition coefficient (Wildman–Crippen LogP) is 3.49. The van der Waals surface area contributed by atoms with Crippen molar-refractivity contribution in [2.45, 2.75) is 37.5 Å². The smallest absolute Gasteiger partial charge is 0.306 e. The Kier molecular flexibility index (Phi) is 5.39. The molecule has 2 N–H and O–H groups in total. The van der Waals surface area contributed by atoms with E-state index in [1.165, 1.54) is 7.11 Å². The van der Waals surface area contributed by atoms with Gasteiger partial charge >= 0.3 is 5.97 Å². The van der Waals surface area contributed by atoms with Gasteiger partial charge in [0.2, 0.25) is 0 Å². The van der Waals surface area contributed by atoms with E-state index in [0.29, 0.717) is 18.7 Å². The van der Waals surface area contributed by atoms with Crippen LogP contribution in [0.5, 0.6) is 5.75 Å². The van der Waals surface area contributed by atoms with Gasteiger partial charge in [0.25, 0.3) is 0 Å². The van der Waals surface area contributed by atoms with Crippen molar-refractivity contribution < 1.29 is 14.3 Å². The Balaban J connectivity index is 1.92. The van der Waals surface area contributed by atoms with Crippen LogP contribution < -0.4 is 10.5 Å². The molecule has 4 nitrogen and oxygen atoms in total. The summed E-state index contributed by atoms with van der Waals surface area (Å²) in [6.45, 7) is 2.74. The zero-order valence-corrected chi connectivity index (χ0v) is 13.5. The van der Waals surface area contributed by atoms with E-state index < -0.39 is 0 Å². The second kappa shape index (κ2) is 7.07. The fourth-order valence-electron chi connectivity index (χ4n) is 2.11. The summed E-state index contributed by atoms with van der Waals surface area (Å²) in [4.78, 5) is 12.6. The average Bonchev–Trinajstić information content (AvgIpc) is 3.25. The lowest BCUT2D eigenvalue weighted by atomic mass is 10.1. The number of nitrogen functional groups attached to an aromatic ring is 1. The number of thioether (sulfide) groups is 1. The minimum Gasteiger partial charge on any atom is -0.491 e. The molecule has 0 saturated heterocycles. The highest BCUT2D eigenvalue weighted by atomic mass is 32.2. The van der Waals surface area contributed by atoms with Gasteiger partial charge in [-0.25, -0.2) is 0 Å². The molecule has 0 aromatic heterocycles. The van der Waals surface area contributed by atoms with E-state index in [0.717, 1.165) is 35.7 Å². The molecule has 0 heterocycles. The number of methoxy groups -OCH3 is 1. The highest BCUT2D eigenvalue weighted by molar-refractivity contribution is 7.99. The van der Waals surface area contributed by atoms with Crippen molar-refractivity contribution in [1.29, 1.82) is 0 Å². The summed E-state index contributed by atoms with van der Waals surface area (Å²) in [5.41, 5.74) is 6.71. The van der Waals surface area contributed by atoms with E-state index in [-0.39, 0.29) is 11.4 Å². The van der Waals surface area contributed by atoms with Crippen molar-refractivity contribution in [1.82, 2.24) is 0 Å². The maximum absolute atomic E-state index is 11.4. The number of benzene rings is 1. The van der Waals surface area contributed by atoms with E-state index in [1.807, 2.05) is 18.2 Å². The van der Waals surface area contributed by atoms with Crippen molar-refractivity contribution >= 4 is 23.4 Å². The summed E-state index contributed by atoms with van der Waals surface area (Å²) in [6.07, 6.45) is 3.68. The van der Waals surface area contributed by atoms with Crippen LogP contribution in [0.15, 0.2) is 23.1 Å². The standard InChI is InChI=1S/C16H23NO3S/c1-3-8-20-14-9-12(4-5-13(14)17)21-11-16(6-7-16)10-15(18)19-2/h4-5,9H,3,6-8,10-11,17H2,1-2H3. The number of rotatable bonds is 8. The molecule has 21 heavy (non-hydrogen) atoms. The summed E-state index contributed by atoms with van der Waals surface area (Å²) in [5, 5.41) is 0. The maximum atomic E-state index is 11.4. The van der Waals surface area contributed by atoms with E-state index in [4.69, 9.17) is 15.2 Å². The van der Waals surface area contributed by atoms with Crippen LogP contribution in [-0.2, 0) is 9.53 Å². The van der Waals surface area contributed by atoms with E-state index in [1.54, 1.807) is 11.8 Å². The highest BCUT2D eigenvalue weighted by Crippen LogP contribution is 2.52. The first-order valence-electron chi connectivity index (χ1n) is 7.30. The van der Waals surface area contributed by atoms with Gasteiger partial charge in [-0.1, -0.05) is 6.92 Å². The first-order valence-corrected chi connectivity index (χ1v) is 8.29. The largest absolute Gasteiger partial charge is 0.491 e. The van der Waals surface area contributed by atoms with Crippen LogP contribution in [0.25, 0.3) is 0 Å². The number of anilines is 1. The number of carbonyl (C=O) groups excluding carboxylic acids is 1. The molecule has 0 bridgehead atoms. The Morgan fingerprint density at radius 2 is 2.19 bits per heavy atom. The summed E-state index contributed by atoms with van der Waals surface area (Å²) in [7, 11) is 1.45. The Hall–Kier alpha value is -1.36. The minimum absolute atomic E-state index is 0.114. The third kappa shape index (κ3) is 4.56. The van der Waals surface area contributed by atoms with Gasteiger partial charge in [0.15, 0.2) is 0 Å². The normalized spacial score (nSPS) is 15.5. The van der Waals surface area contributed by atoms with Gasteiger partial charge in [-0.15, -0.1) is 11.8 Å². The molecular weight excluding hydrogens is 286 g/mol. The fraction of sp³-hybridized carbons (Fsp3) is 0.562. The minimum atomic E-state index is -0.114. The monoisotopic (exact) mass is 309 g/mol. The number of hydrogen-bond donors (Lipinski definition) is 1. The molecule has 0 radical (unpaired) electrons. The topological polar surface area (TPSA) is 61.5 Å². The van der Waals surface area contributed by atoms with Gasteiger partial charge < -0.3 is 15.2 Å². The molecular formula is C16H23NO3S. The molecule has 0 spiro atoms. The molecule has 116 valence electrons.